The fourth-order valence-electron chi connectivity index (χ4n) is 2.18. The number of hydrogen-bond acceptors (Lipinski definition) is 3. The summed E-state index contributed by atoms with van der Waals surface area (Å²) >= 11 is 11.8. The number of aromatic nitrogens is 2. The number of imidazole rings is 1. The highest BCUT2D eigenvalue weighted by Crippen LogP contribution is 2.28. The SMILES string of the molecule is Cc1cc2ncn(S(=O)(=O)c3ccc(Cl)c(Cl)c3)c2cc1C. The minimum atomic E-state index is -3.78. The molecule has 0 bridgehead atoms. The van der Waals surface area contributed by atoms with Crippen LogP contribution in [-0.4, -0.2) is 17.4 Å². The minimum absolute atomic E-state index is 0.0689. The Labute approximate surface area is 138 Å². The topological polar surface area (TPSA) is 52.0 Å². The molecule has 7 heteroatoms. The van der Waals surface area contributed by atoms with Crippen LogP contribution in [0.2, 0.25) is 10.0 Å². The van der Waals surface area contributed by atoms with E-state index in [1.807, 2.05) is 26.0 Å². The number of rotatable bonds is 2. The molecule has 114 valence electrons. The molecule has 0 amide bonds. The van der Waals surface area contributed by atoms with Crippen LogP contribution in [0.1, 0.15) is 11.1 Å². The smallest absolute Gasteiger partial charge is 0.236 e. The van der Waals surface area contributed by atoms with E-state index in [0.29, 0.717) is 16.1 Å². The summed E-state index contributed by atoms with van der Waals surface area (Å²) in [5, 5.41) is 0.502. The van der Waals surface area contributed by atoms with Crippen LogP contribution >= 0.6 is 23.2 Å². The van der Waals surface area contributed by atoms with Gasteiger partial charge in [0.25, 0.3) is 10.0 Å². The highest BCUT2D eigenvalue weighted by Gasteiger charge is 2.21. The molecule has 0 N–H and O–H groups in total. The first-order valence-electron chi connectivity index (χ1n) is 6.45. The van der Waals surface area contributed by atoms with Gasteiger partial charge >= 0.3 is 0 Å². The summed E-state index contributed by atoms with van der Waals surface area (Å²) in [5.74, 6) is 0. The monoisotopic (exact) mass is 354 g/mol. The van der Waals surface area contributed by atoms with Crippen molar-refractivity contribution < 1.29 is 8.42 Å². The Balaban J connectivity index is 2.25. The average Bonchev–Trinajstić information content (AvgIpc) is 2.85. The summed E-state index contributed by atoms with van der Waals surface area (Å²) in [6.07, 6.45) is 1.31. The number of aryl methyl sites for hydroxylation is 2. The van der Waals surface area contributed by atoms with Crippen LogP contribution in [-0.2, 0) is 10.0 Å². The molecule has 0 saturated carbocycles. The largest absolute Gasteiger partial charge is 0.269 e. The summed E-state index contributed by atoms with van der Waals surface area (Å²) in [7, 11) is -3.78. The third-order valence-corrected chi connectivity index (χ3v) is 5.98. The molecule has 0 aliphatic rings. The molecule has 0 saturated heterocycles. The van der Waals surface area contributed by atoms with E-state index in [1.165, 1.54) is 24.5 Å². The molecule has 3 aromatic rings. The van der Waals surface area contributed by atoms with Crippen molar-refractivity contribution in [3.05, 3.63) is 57.8 Å². The Morgan fingerprint density at radius 2 is 1.68 bits per heavy atom. The van der Waals surface area contributed by atoms with Gasteiger partial charge < -0.3 is 0 Å². The minimum Gasteiger partial charge on any atom is -0.236 e. The van der Waals surface area contributed by atoms with Crippen LogP contribution in [0.5, 0.6) is 0 Å². The maximum Gasteiger partial charge on any atom is 0.269 e. The van der Waals surface area contributed by atoms with Gasteiger partial charge in [-0.05, 0) is 55.3 Å². The van der Waals surface area contributed by atoms with E-state index in [2.05, 4.69) is 4.98 Å². The molecular weight excluding hydrogens is 343 g/mol. The van der Waals surface area contributed by atoms with Crippen LogP contribution in [0.4, 0.5) is 0 Å². The Kier molecular flexibility index (Phi) is 3.67. The Morgan fingerprint density at radius 1 is 1.00 bits per heavy atom. The van der Waals surface area contributed by atoms with Gasteiger partial charge in [0.1, 0.15) is 6.33 Å². The molecule has 1 aromatic heterocycles. The molecule has 2 aromatic carbocycles. The third-order valence-electron chi connectivity index (χ3n) is 3.58. The van der Waals surface area contributed by atoms with Gasteiger partial charge in [0.2, 0.25) is 0 Å². The van der Waals surface area contributed by atoms with Gasteiger partial charge in [0.15, 0.2) is 0 Å². The standard InChI is InChI=1S/C15H12Cl2N2O2S/c1-9-5-14-15(6-10(9)2)19(8-18-14)22(20,21)11-3-4-12(16)13(17)7-11/h3-8H,1-2H3. The normalized spacial score (nSPS) is 12.0. The van der Waals surface area contributed by atoms with Crippen molar-refractivity contribution in [1.29, 1.82) is 0 Å². The summed E-state index contributed by atoms with van der Waals surface area (Å²) in [4.78, 5) is 4.25. The molecule has 0 atom stereocenters. The number of fused-ring (bicyclic) bond motifs is 1. The number of halogens is 2. The third kappa shape index (κ3) is 2.39. The fourth-order valence-corrected chi connectivity index (χ4v) is 3.86. The quantitative estimate of drug-likeness (QED) is 0.692. The van der Waals surface area contributed by atoms with Gasteiger partial charge in [0.05, 0.1) is 26.0 Å². The zero-order chi connectivity index (χ0) is 16.1. The molecular formula is C15H12Cl2N2O2S. The van der Waals surface area contributed by atoms with Gasteiger partial charge in [-0.25, -0.2) is 17.4 Å². The van der Waals surface area contributed by atoms with Crippen molar-refractivity contribution in [2.45, 2.75) is 18.7 Å². The predicted molar refractivity (Wildman–Crippen MR) is 88.3 cm³/mol. The second-order valence-electron chi connectivity index (χ2n) is 5.05. The first-order valence-corrected chi connectivity index (χ1v) is 8.65. The molecule has 0 fully saturated rings. The summed E-state index contributed by atoms with van der Waals surface area (Å²) in [6, 6.07) is 7.91. The zero-order valence-corrected chi connectivity index (χ0v) is 14.2. The summed E-state index contributed by atoms with van der Waals surface area (Å²) < 4.78 is 26.7. The molecule has 1 heterocycles. The van der Waals surface area contributed by atoms with Crippen molar-refractivity contribution in [1.82, 2.24) is 8.96 Å². The molecule has 22 heavy (non-hydrogen) atoms. The van der Waals surface area contributed by atoms with E-state index in [1.54, 1.807) is 0 Å². The lowest BCUT2D eigenvalue weighted by atomic mass is 10.1. The van der Waals surface area contributed by atoms with Gasteiger partial charge in [0, 0.05) is 0 Å². The number of nitrogens with zero attached hydrogens (tertiary/aromatic N) is 2. The molecule has 4 nitrogen and oxygen atoms in total. The van der Waals surface area contributed by atoms with Crippen LogP contribution in [0.15, 0.2) is 41.6 Å². The lowest BCUT2D eigenvalue weighted by Crippen LogP contribution is -2.12. The highest BCUT2D eigenvalue weighted by atomic mass is 35.5. The Bertz CT molecular complexity index is 994. The summed E-state index contributed by atoms with van der Waals surface area (Å²) in [5.41, 5.74) is 3.23. The average molecular weight is 355 g/mol. The molecule has 0 unspecified atom stereocenters. The predicted octanol–water partition coefficient (Wildman–Crippen LogP) is 4.20. The van der Waals surface area contributed by atoms with Crippen molar-refractivity contribution in [2.24, 2.45) is 0 Å². The van der Waals surface area contributed by atoms with Crippen LogP contribution in [0.25, 0.3) is 11.0 Å². The van der Waals surface area contributed by atoms with Gasteiger partial charge in [-0.2, -0.15) is 0 Å². The Hall–Kier alpha value is -1.56. The lowest BCUT2D eigenvalue weighted by molar-refractivity contribution is 0.588. The maximum atomic E-state index is 12.8. The van der Waals surface area contributed by atoms with Crippen molar-refractivity contribution in [3.63, 3.8) is 0 Å². The van der Waals surface area contributed by atoms with Crippen molar-refractivity contribution in [2.75, 3.05) is 0 Å². The molecule has 3 rings (SSSR count). The van der Waals surface area contributed by atoms with Gasteiger partial charge in [-0.15, -0.1) is 0 Å². The van der Waals surface area contributed by atoms with E-state index < -0.39 is 10.0 Å². The fraction of sp³-hybridized carbons (Fsp3) is 0.133. The van der Waals surface area contributed by atoms with Crippen LogP contribution in [0, 0.1) is 13.8 Å². The van der Waals surface area contributed by atoms with Crippen LogP contribution < -0.4 is 0 Å². The van der Waals surface area contributed by atoms with Crippen LogP contribution in [0.3, 0.4) is 0 Å². The van der Waals surface area contributed by atoms with E-state index in [-0.39, 0.29) is 9.92 Å². The molecule has 0 spiro atoms. The van der Waals surface area contributed by atoms with E-state index in [4.69, 9.17) is 23.2 Å². The first kappa shape index (κ1) is 15.3. The van der Waals surface area contributed by atoms with E-state index in [9.17, 15) is 8.42 Å². The number of benzene rings is 2. The molecule has 0 aliphatic heterocycles. The zero-order valence-electron chi connectivity index (χ0n) is 11.8. The molecule has 0 radical (unpaired) electrons. The van der Waals surface area contributed by atoms with Crippen molar-refractivity contribution in [3.8, 4) is 0 Å². The van der Waals surface area contributed by atoms with E-state index in [0.717, 1.165) is 15.1 Å². The first-order chi connectivity index (χ1) is 10.3. The summed E-state index contributed by atoms with van der Waals surface area (Å²) in [6.45, 7) is 3.89. The highest BCUT2D eigenvalue weighted by molar-refractivity contribution is 7.90. The Morgan fingerprint density at radius 3 is 2.36 bits per heavy atom. The number of hydrogen-bond donors (Lipinski definition) is 0. The van der Waals surface area contributed by atoms with Crippen molar-refractivity contribution >= 4 is 44.3 Å². The second-order valence-corrected chi connectivity index (χ2v) is 7.68. The van der Waals surface area contributed by atoms with E-state index >= 15 is 0 Å². The van der Waals surface area contributed by atoms with Gasteiger partial charge in [-0.3, -0.25) is 0 Å². The lowest BCUT2D eigenvalue weighted by Gasteiger charge is -2.08. The molecule has 0 aliphatic carbocycles. The second kappa shape index (κ2) is 5.26. The maximum absolute atomic E-state index is 12.8. The van der Waals surface area contributed by atoms with Gasteiger partial charge in [-0.1, -0.05) is 23.2 Å².